The highest BCUT2D eigenvalue weighted by atomic mass is 16.2. The minimum absolute atomic E-state index is 0.0730. The van der Waals surface area contributed by atoms with Crippen LogP contribution >= 0.6 is 0 Å². The lowest BCUT2D eigenvalue weighted by Crippen LogP contribution is -2.63. The van der Waals surface area contributed by atoms with Crippen LogP contribution in [0.5, 0.6) is 0 Å². The lowest BCUT2D eigenvalue weighted by Gasteiger charge is -2.39. The van der Waals surface area contributed by atoms with Crippen LogP contribution in [0, 0.1) is 0 Å². The fourth-order valence-corrected chi connectivity index (χ4v) is 4.07. The number of aliphatic imine (C=N–C) groups is 1. The monoisotopic (exact) mass is 353 g/mol. The maximum Gasteiger partial charge on any atom is 0.328 e. The van der Waals surface area contributed by atoms with Crippen molar-refractivity contribution in [3.8, 4) is 0 Å². The maximum atomic E-state index is 12.8. The Hall–Kier alpha value is -2.83. The molecule has 3 aliphatic heterocycles. The van der Waals surface area contributed by atoms with Crippen LogP contribution < -0.4 is 0 Å². The van der Waals surface area contributed by atoms with Crippen molar-refractivity contribution in [2.24, 2.45) is 4.99 Å². The number of rotatable bonds is 2. The van der Waals surface area contributed by atoms with Crippen molar-refractivity contribution in [3.63, 3.8) is 0 Å². The SMILES string of the molecule is CC1=C(C)N2C(=NC3C2C(=O)N(C)C(=O)N3C)N1C(C)c1ccccc1. The van der Waals surface area contributed by atoms with Gasteiger partial charge in [0.2, 0.25) is 5.96 Å². The Balaban J connectivity index is 1.77. The van der Waals surface area contributed by atoms with Gasteiger partial charge in [-0.15, -0.1) is 0 Å². The highest BCUT2D eigenvalue weighted by Crippen LogP contribution is 2.41. The highest BCUT2D eigenvalue weighted by Gasteiger charge is 2.55. The van der Waals surface area contributed by atoms with Crippen molar-refractivity contribution in [2.45, 2.75) is 39.0 Å². The summed E-state index contributed by atoms with van der Waals surface area (Å²) in [6.07, 6.45) is -0.491. The van der Waals surface area contributed by atoms with Crippen LogP contribution in [0.2, 0.25) is 0 Å². The van der Waals surface area contributed by atoms with E-state index in [-0.39, 0.29) is 18.0 Å². The summed E-state index contributed by atoms with van der Waals surface area (Å²) in [5.74, 6) is 0.535. The molecule has 7 heteroatoms. The number of hydrogen-bond donors (Lipinski definition) is 0. The first kappa shape index (κ1) is 16.6. The molecule has 3 amide bonds. The quantitative estimate of drug-likeness (QED) is 0.818. The number of nitrogens with zero attached hydrogens (tertiary/aromatic N) is 5. The van der Waals surface area contributed by atoms with E-state index in [4.69, 9.17) is 4.99 Å². The van der Waals surface area contributed by atoms with Gasteiger partial charge in [-0.2, -0.15) is 0 Å². The number of guanidine groups is 1. The third-order valence-electron chi connectivity index (χ3n) is 5.72. The molecule has 1 fully saturated rings. The van der Waals surface area contributed by atoms with Gasteiger partial charge in [0.05, 0.1) is 6.04 Å². The van der Waals surface area contributed by atoms with Crippen LogP contribution in [0.3, 0.4) is 0 Å². The van der Waals surface area contributed by atoms with Crippen LogP contribution in [0.25, 0.3) is 0 Å². The second-order valence-electron chi connectivity index (χ2n) is 7.08. The second kappa shape index (κ2) is 5.59. The number of imide groups is 1. The van der Waals surface area contributed by atoms with Crippen LogP contribution in [0.1, 0.15) is 32.4 Å². The lowest BCUT2D eigenvalue weighted by molar-refractivity contribution is -0.135. The van der Waals surface area contributed by atoms with E-state index in [1.807, 2.05) is 30.0 Å². The van der Waals surface area contributed by atoms with E-state index in [1.165, 1.54) is 17.5 Å². The Kier molecular flexibility index (Phi) is 3.57. The van der Waals surface area contributed by atoms with Crippen molar-refractivity contribution in [3.05, 3.63) is 47.3 Å². The van der Waals surface area contributed by atoms with Crippen LogP contribution in [0.4, 0.5) is 4.79 Å². The Bertz CT molecular complexity index is 847. The van der Waals surface area contributed by atoms with Crippen molar-refractivity contribution in [2.75, 3.05) is 14.1 Å². The van der Waals surface area contributed by atoms with Crippen molar-refractivity contribution in [1.82, 2.24) is 19.6 Å². The van der Waals surface area contributed by atoms with Crippen LogP contribution in [-0.4, -0.2) is 63.8 Å². The number of urea groups is 1. The molecule has 1 saturated heterocycles. The van der Waals surface area contributed by atoms with Crippen molar-refractivity contribution >= 4 is 17.9 Å². The molecule has 26 heavy (non-hydrogen) atoms. The molecule has 0 spiro atoms. The summed E-state index contributed by atoms with van der Waals surface area (Å²) in [6.45, 7) is 6.19. The minimum Gasteiger partial charge on any atom is -0.307 e. The first-order chi connectivity index (χ1) is 12.3. The van der Waals surface area contributed by atoms with E-state index in [0.717, 1.165) is 17.4 Å². The molecule has 0 bridgehead atoms. The summed E-state index contributed by atoms with van der Waals surface area (Å²) in [7, 11) is 3.23. The number of fused-ring (bicyclic) bond motifs is 3. The molecule has 136 valence electrons. The van der Waals surface area contributed by atoms with Gasteiger partial charge >= 0.3 is 6.03 Å². The number of benzene rings is 1. The molecule has 0 saturated carbocycles. The average molecular weight is 353 g/mol. The highest BCUT2D eigenvalue weighted by molar-refractivity contribution is 6.05. The number of amides is 3. The largest absolute Gasteiger partial charge is 0.328 e. The van der Waals surface area contributed by atoms with Gasteiger partial charge in [-0.25, -0.2) is 9.79 Å². The van der Waals surface area contributed by atoms with Gasteiger partial charge in [0.15, 0.2) is 12.2 Å². The smallest absolute Gasteiger partial charge is 0.307 e. The fourth-order valence-electron chi connectivity index (χ4n) is 4.07. The molecular weight excluding hydrogens is 330 g/mol. The summed E-state index contributed by atoms with van der Waals surface area (Å²) in [4.78, 5) is 36.8. The van der Waals surface area contributed by atoms with E-state index in [2.05, 4.69) is 30.9 Å². The lowest BCUT2D eigenvalue weighted by atomic mass is 10.1. The summed E-state index contributed by atoms with van der Waals surface area (Å²) in [5.41, 5.74) is 3.25. The minimum atomic E-state index is -0.499. The molecule has 0 radical (unpaired) electrons. The molecule has 0 aliphatic carbocycles. The first-order valence-corrected chi connectivity index (χ1v) is 8.77. The molecule has 3 unspecified atom stereocenters. The summed E-state index contributed by atoms with van der Waals surface area (Å²) >= 11 is 0. The number of likely N-dealkylation sites (N-methyl/N-ethyl adjacent to an activating group) is 2. The Morgan fingerprint density at radius 1 is 1.04 bits per heavy atom. The topological polar surface area (TPSA) is 59.5 Å². The molecule has 1 aromatic carbocycles. The third-order valence-corrected chi connectivity index (χ3v) is 5.72. The van der Waals surface area contributed by atoms with Crippen molar-refractivity contribution in [1.29, 1.82) is 0 Å². The second-order valence-corrected chi connectivity index (χ2v) is 7.08. The van der Waals surface area contributed by atoms with E-state index < -0.39 is 12.2 Å². The van der Waals surface area contributed by atoms with E-state index >= 15 is 0 Å². The van der Waals surface area contributed by atoms with Gasteiger partial charge in [0.1, 0.15) is 0 Å². The summed E-state index contributed by atoms with van der Waals surface area (Å²) in [5, 5.41) is 0. The zero-order valence-corrected chi connectivity index (χ0v) is 15.7. The zero-order chi connectivity index (χ0) is 18.7. The standard InChI is InChI=1S/C19H23N5O2/c1-11-12(2)24-15-16(21(4)19(26)22(5)17(15)25)20-18(24)23(11)13(3)14-9-7-6-8-10-14/h6-10,13,15-16H,1-5H3. The van der Waals surface area contributed by atoms with E-state index in [9.17, 15) is 9.59 Å². The summed E-state index contributed by atoms with van der Waals surface area (Å²) < 4.78 is 0. The first-order valence-electron chi connectivity index (χ1n) is 8.77. The van der Waals surface area contributed by atoms with Gasteiger partial charge in [-0.05, 0) is 26.3 Å². The van der Waals surface area contributed by atoms with E-state index in [0.29, 0.717) is 0 Å². The van der Waals surface area contributed by atoms with Gasteiger partial charge < -0.3 is 9.80 Å². The average Bonchev–Trinajstić information content (AvgIpc) is 3.14. The maximum absolute atomic E-state index is 12.8. The zero-order valence-electron chi connectivity index (χ0n) is 15.7. The Labute approximate surface area is 153 Å². The summed E-state index contributed by atoms with van der Waals surface area (Å²) in [6, 6.07) is 9.48. The molecule has 0 N–H and O–H groups in total. The molecule has 3 aliphatic rings. The van der Waals surface area contributed by atoms with Gasteiger partial charge in [-0.3, -0.25) is 14.6 Å². The Morgan fingerprint density at radius 2 is 1.69 bits per heavy atom. The van der Waals surface area contributed by atoms with Gasteiger partial charge in [-0.1, -0.05) is 30.3 Å². The van der Waals surface area contributed by atoms with Gasteiger partial charge in [0.25, 0.3) is 5.91 Å². The molecule has 1 aromatic rings. The molecule has 0 aromatic heterocycles. The number of hydrogen-bond acceptors (Lipinski definition) is 5. The predicted octanol–water partition coefficient (Wildman–Crippen LogP) is 2.20. The van der Waals surface area contributed by atoms with Gasteiger partial charge in [0, 0.05) is 25.5 Å². The molecule has 3 heterocycles. The molecule has 3 atom stereocenters. The molecular formula is C19H23N5O2. The van der Waals surface area contributed by atoms with Crippen LogP contribution in [0.15, 0.2) is 46.7 Å². The number of carbonyl (C=O) groups is 2. The fraction of sp³-hybridized carbons (Fsp3) is 0.421. The van der Waals surface area contributed by atoms with Crippen molar-refractivity contribution < 1.29 is 9.59 Å². The predicted molar refractivity (Wildman–Crippen MR) is 97.8 cm³/mol. The normalized spacial score (nSPS) is 26.4. The molecule has 4 rings (SSSR count). The Morgan fingerprint density at radius 3 is 2.35 bits per heavy atom. The van der Waals surface area contributed by atoms with Crippen LogP contribution in [-0.2, 0) is 4.79 Å². The number of carbonyl (C=O) groups excluding carboxylic acids is 2. The van der Waals surface area contributed by atoms with E-state index in [1.54, 1.807) is 11.9 Å². The molecule has 7 nitrogen and oxygen atoms in total. The third kappa shape index (κ3) is 2.03. The number of allylic oxidation sites excluding steroid dienone is 2.